The van der Waals surface area contributed by atoms with Gasteiger partial charge in [0.15, 0.2) is 0 Å². The second kappa shape index (κ2) is 9.75. The highest BCUT2D eigenvalue weighted by atomic mass is 35.5. The minimum Gasteiger partial charge on any atom is -0.462 e. The number of benzene rings is 2. The Kier molecular flexibility index (Phi) is 6.60. The molecule has 0 bridgehead atoms. The van der Waals surface area contributed by atoms with Crippen molar-refractivity contribution in [1.29, 1.82) is 0 Å². The summed E-state index contributed by atoms with van der Waals surface area (Å²) in [6.45, 7) is 1.96. The summed E-state index contributed by atoms with van der Waals surface area (Å²) in [7, 11) is 0. The number of carbonyl (C=O) groups is 3. The van der Waals surface area contributed by atoms with E-state index < -0.39 is 29.3 Å². The van der Waals surface area contributed by atoms with Gasteiger partial charge in [-0.3, -0.25) is 19.4 Å². The third-order valence-corrected chi connectivity index (χ3v) is 5.29. The van der Waals surface area contributed by atoms with Gasteiger partial charge in [0, 0.05) is 22.8 Å². The zero-order valence-electron chi connectivity index (χ0n) is 18.0. The Hall–Kier alpha value is -4.18. The van der Waals surface area contributed by atoms with E-state index in [4.69, 9.17) is 16.3 Å². The summed E-state index contributed by atoms with van der Waals surface area (Å²) < 4.78 is 4.93. The van der Waals surface area contributed by atoms with Crippen molar-refractivity contribution in [2.45, 2.75) is 19.3 Å². The monoisotopic (exact) mass is 481 g/mol. The second-order valence-electron chi connectivity index (χ2n) is 7.40. The molecule has 1 aliphatic heterocycles. The molecule has 34 heavy (non-hydrogen) atoms. The molecule has 1 aromatic heterocycles. The van der Waals surface area contributed by atoms with Gasteiger partial charge in [0.1, 0.15) is 5.82 Å². The summed E-state index contributed by atoms with van der Waals surface area (Å²) in [6, 6.07) is 12.8. The third-order valence-electron chi connectivity index (χ3n) is 5.04. The highest BCUT2D eigenvalue weighted by Gasteiger charge is 2.34. The van der Waals surface area contributed by atoms with Crippen LogP contribution in [0.25, 0.3) is 0 Å². The van der Waals surface area contributed by atoms with E-state index in [0.717, 1.165) is 0 Å². The fourth-order valence-electron chi connectivity index (χ4n) is 3.46. The summed E-state index contributed by atoms with van der Waals surface area (Å²) in [5.41, 5.74) is 0.857. The largest absolute Gasteiger partial charge is 0.462 e. The molecule has 1 aliphatic rings. The molecule has 11 heteroatoms. The van der Waals surface area contributed by atoms with E-state index in [1.165, 1.54) is 24.3 Å². The molecule has 174 valence electrons. The first-order valence-corrected chi connectivity index (χ1v) is 10.8. The topological polar surface area (TPSA) is 142 Å². The number of anilines is 4. The first-order chi connectivity index (χ1) is 16.3. The number of nitrogens with one attached hydrogen (secondary N) is 4. The lowest BCUT2D eigenvalue weighted by atomic mass is 9.92. The zero-order valence-corrected chi connectivity index (χ0v) is 18.7. The van der Waals surface area contributed by atoms with Crippen LogP contribution < -0.4 is 21.5 Å². The highest BCUT2D eigenvalue weighted by molar-refractivity contribution is 6.30. The number of halogens is 1. The van der Waals surface area contributed by atoms with Gasteiger partial charge in [-0.25, -0.2) is 4.79 Å². The van der Waals surface area contributed by atoms with Crippen molar-refractivity contribution >= 4 is 52.5 Å². The van der Waals surface area contributed by atoms with Crippen LogP contribution in [0.3, 0.4) is 0 Å². The number of H-pyrrole nitrogens is 1. The van der Waals surface area contributed by atoms with Crippen LogP contribution in [0, 0.1) is 0 Å². The van der Waals surface area contributed by atoms with Gasteiger partial charge in [-0.1, -0.05) is 11.6 Å². The van der Waals surface area contributed by atoms with Gasteiger partial charge in [-0.05, 0) is 55.5 Å². The number of nitrogens with zero attached hydrogens (tertiary/aromatic N) is 1. The predicted octanol–water partition coefficient (Wildman–Crippen LogP) is 3.41. The summed E-state index contributed by atoms with van der Waals surface area (Å²) >= 11 is 5.88. The first-order valence-electron chi connectivity index (χ1n) is 10.4. The number of fused-ring (bicyclic) bond motifs is 1. The molecule has 1 atom stereocenters. The molecule has 3 aromatic rings. The number of rotatable bonds is 6. The van der Waals surface area contributed by atoms with Crippen molar-refractivity contribution in [3.05, 3.63) is 75.0 Å². The number of hydrogen-bond donors (Lipinski definition) is 4. The van der Waals surface area contributed by atoms with Gasteiger partial charge in [0.25, 0.3) is 5.56 Å². The molecule has 0 fully saturated rings. The Bertz CT molecular complexity index is 1300. The lowest BCUT2D eigenvalue weighted by Crippen LogP contribution is -2.36. The normalized spacial score (nSPS) is 14.5. The standard InChI is InChI=1S/C23H20ClN5O5/c1-2-34-22(33)12-3-7-14(8-4-12)25-20(31)16-11-17(30)27-19-18(16)21(32)29-23(28-19)26-15-9-5-13(24)6-10-15/h3-10,16H,2,11H2,1H3,(H,25,31)(H3,26,27,28,29,30,32)/t16-/m0/s1. The number of amides is 2. The Morgan fingerprint density at radius 1 is 1.09 bits per heavy atom. The number of carbonyl (C=O) groups excluding carboxylic acids is 3. The number of aromatic nitrogens is 2. The Morgan fingerprint density at radius 2 is 1.76 bits per heavy atom. The van der Waals surface area contributed by atoms with Crippen molar-refractivity contribution < 1.29 is 19.1 Å². The molecular weight excluding hydrogens is 462 g/mol. The minimum atomic E-state index is -1.05. The summed E-state index contributed by atoms with van der Waals surface area (Å²) in [5, 5.41) is 8.71. The van der Waals surface area contributed by atoms with Crippen molar-refractivity contribution in [2.24, 2.45) is 0 Å². The molecule has 0 aliphatic carbocycles. The van der Waals surface area contributed by atoms with E-state index in [2.05, 4.69) is 25.9 Å². The van der Waals surface area contributed by atoms with Crippen LogP contribution in [0.4, 0.5) is 23.1 Å². The van der Waals surface area contributed by atoms with E-state index in [1.807, 2.05) is 0 Å². The lowest BCUT2D eigenvalue weighted by Gasteiger charge is -2.23. The quantitative estimate of drug-likeness (QED) is 0.395. The van der Waals surface area contributed by atoms with E-state index >= 15 is 0 Å². The molecule has 0 unspecified atom stereocenters. The SMILES string of the molecule is CCOC(=O)c1ccc(NC(=O)[C@H]2CC(=O)Nc3nc(Nc4ccc(Cl)cc4)[nH]c(=O)c32)cc1. The van der Waals surface area contributed by atoms with Gasteiger partial charge in [-0.15, -0.1) is 0 Å². The maximum absolute atomic E-state index is 13.0. The smallest absolute Gasteiger partial charge is 0.338 e. The van der Waals surface area contributed by atoms with E-state index in [0.29, 0.717) is 22.0 Å². The third kappa shape index (κ3) is 5.07. The van der Waals surface area contributed by atoms with Gasteiger partial charge in [0.2, 0.25) is 17.8 Å². The molecule has 10 nitrogen and oxygen atoms in total. The average molecular weight is 482 g/mol. The predicted molar refractivity (Wildman–Crippen MR) is 127 cm³/mol. The van der Waals surface area contributed by atoms with E-state index in [-0.39, 0.29) is 30.4 Å². The summed E-state index contributed by atoms with van der Waals surface area (Å²) in [6.07, 6.45) is -0.214. The summed E-state index contributed by atoms with van der Waals surface area (Å²) in [5.74, 6) is -2.41. The fraction of sp³-hybridized carbons (Fsp3) is 0.174. The van der Waals surface area contributed by atoms with Gasteiger partial charge in [-0.2, -0.15) is 4.98 Å². The second-order valence-corrected chi connectivity index (χ2v) is 7.84. The van der Waals surface area contributed by atoms with Crippen LogP contribution in [0.1, 0.15) is 35.2 Å². The molecule has 2 amide bonds. The van der Waals surface area contributed by atoms with Crippen molar-refractivity contribution in [2.75, 3.05) is 22.6 Å². The Morgan fingerprint density at radius 3 is 2.44 bits per heavy atom. The number of aromatic amines is 1. The Balaban J connectivity index is 1.55. The van der Waals surface area contributed by atoms with Crippen LogP contribution in [-0.2, 0) is 14.3 Å². The summed E-state index contributed by atoms with van der Waals surface area (Å²) in [4.78, 5) is 56.7. The van der Waals surface area contributed by atoms with Crippen LogP contribution >= 0.6 is 11.6 Å². The molecular formula is C23H20ClN5O5. The van der Waals surface area contributed by atoms with Crippen LogP contribution in [0.2, 0.25) is 5.02 Å². The number of esters is 1. The van der Waals surface area contributed by atoms with Crippen LogP contribution in [0.15, 0.2) is 53.3 Å². The Labute approximate surface area is 198 Å². The lowest BCUT2D eigenvalue weighted by molar-refractivity contribution is -0.123. The van der Waals surface area contributed by atoms with E-state index in [9.17, 15) is 19.2 Å². The molecule has 0 spiro atoms. The number of hydrogen-bond acceptors (Lipinski definition) is 7. The average Bonchev–Trinajstić information content (AvgIpc) is 2.80. The maximum atomic E-state index is 13.0. The van der Waals surface area contributed by atoms with Crippen LogP contribution in [0.5, 0.6) is 0 Å². The molecule has 4 N–H and O–H groups in total. The molecule has 0 saturated heterocycles. The molecule has 2 heterocycles. The zero-order chi connectivity index (χ0) is 24.2. The molecule has 0 saturated carbocycles. The molecule has 4 rings (SSSR count). The highest BCUT2D eigenvalue weighted by Crippen LogP contribution is 2.30. The van der Waals surface area contributed by atoms with E-state index in [1.54, 1.807) is 31.2 Å². The first kappa shape index (κ1) is 23.0. The fourth-order valence-corrected chi connectivity index (χ4v) is 3.58. The van der Waals surface area contributed by atoms with Gasteiger partial charge < -0.3 is 20.7 Å². The molecule has 2 aromatic carbocycles. The van der Waals surface area contributed by atoms with Crippen LogP contribution in [-0.4, -0.2) is 34.4 Å². The molecule has 0 radical (unpaired) electrons. The van der Waals surface area contributed by atoms with Crippen molar-refractivity contribution in [3.63, 3.8) is 0 Å². The van der Waals surface area contributed by atoms with Crippen molar-refractivity contribution in [3.8, 4) is 0 Å². The maximum Gasteiger partial charge on any atom is 0.338 e. The minimum absolute atomic E-state index is 0.00859. The van der Waals surface area contributed by atoms with Gasteiger partial charge in [0.05, 0.1) is 23.7 Å². The van der Waals surface area contributed by atoms with Gasteiger partial charge >= 0.3 is 5.97 Å². The number of ether oxygens (including phenoxy) is 1. The van der Waals surface area contributed by atoms with Crippen molar-refractivity contribution in [1.82, 2.24) is 9.97 Å².